The lowest BCUT2D eigenvalue weighted by atomic mass is 9.97. The van der Waals surface area contributed by atoms with Crippen LogP contribution in [-0.2, 0) is 20.6 Å². The average molecular weight is 425 g/mol. The third kappa shape index (κ3) is 5.57. The van der Waals surface area contributed by atoms with E-state index in [1.165, 1.54) is 21.2 Å². The Bertz CT molecular complexity index is 815. The monoisotopic (exact) mass is 424 g/mol. The van der Waals surface area contributed by atoms with Crippen molar-refractivity contribution in [3.05, 3.63) is 53.4 Å². The maximum absolute atomic E-state index is 12.5. The number of thioether (sulfide) groups is 1. The number of nitrogens with zero attached hydrogens (tertiary/aromatic N) is 1. The largest absolute Gasteiger partial charge is 0.355 e. The second kappa shape index (κ2) is 9.73. The number of sulfonamides is 1. The fraction of sp³-hybridized carbons (Fsp3) is 0.421. The molecule has 8 heteroatoms. The van der Waals surface area contributed by atoms with Crippen molar-refractivity contribution < 1.29 is 13.2 Å². The normalized spacial score (nSPS) is 16.3. The lowest BCUT2D eigenvalue weighted by molar-refractivity contribution is -0.125. The number of hydrogen-bond donors (Lipinski definition) is 1. The van der Waals surface area contributed by atoms with E-state index in [-0.39, 0.29) is 11.8 Å². The van der Waals surface area contributed by atoms with Crippen LogP contribution in [0.4, 0.5) is 0 Å². The first-order valence-electron chi connectivity index (χ1n) is 9.00. The molecule has 1 fully saturated rings. The summed E-state index contributed by atoms with van der Waals surface area (Å²) in [5, 5.41) is 4.76. The molecule has 3 rings (SSSR count). The second-order valence-electron chi connectivity index (χ2n) is 6.44. The van der Waals surface area contributed by atoms with E-state index in [0.29, 0.717) is 36.7 Å². The van der Waals surface area contributed by atoms with E-state index >= 15 is 0 Å². The Morgan fingerprint density at radius 2 is 1.89 bits per heavy atom. The van der Waals surface area contributed by atoms with Gasteiger partial charge in [-0.3, -0.25) is 4.79 Å². The van der Waals surface area contributed by atoms with Crippen molar-refractivity contribution in [3.63, 3.8) is 0 Å². The van der Waals surface area contributed by atoms with Crippen LogP contribution in [0.5, 0.6) is 0 Å². The summed E-state index contributed by atoms with van der Waals surface area (Å²) in [5.41, 5.74) is 1.29. The predicted molar refractivity (Wildman–Crippen MR) is 111 cm³/mol. The lowest BCUT2D eigenvalue weighted by Crippen LogP contribution is -2.43. The van der Waals surface area contributed by atoms with Gasteiger partial charge in [0.1, 0.15) is 4.21 Å². The van der Waals surface area contributed by atoms with Gasteiger partial charge in [-0.1, -0.05) is 36.4 Å². The second-order valence-corrected chi connectivity index (χ2v) is 10.7. The molecule has 2 heterocycles. The molecule has 1 aromatic heterocycles. The number of rotatable bonds is 8. The van der Waals surface area contributed by atoms with Crippen molar-refractivity contribution in [2.75, 3.05) is 25.4 Å². The highest BCUT2D eigenvalue weighted by Crippen LogP contribution is 2.26. The van der Waals surface area contributed by atoms with Crippen molar-refractivity contribution >= 4 is 39.0 Å². The van der Waals surface area contributed by atoms with Crippen molar-refractivity contribution in [1.29, 1.82) is 0 Å². The van der Waals surface area contributed by atoms with E-state index in [0.717, 1.165) is 11.5 Å². The number of amides is 1. The summed E-state index contributed by atoms with van der Waals surface area (Å²) >= 11 is 3.03. The first kappa shape index (κ1) is 20.4. The zero-order valence-electron chi connectivity index (χ0n) is 15.0. The standard InChI is InChI=1S/C19H24N2O3S3/c22-19(20-10-14-25-15-16-5-2-1-3-6-16)17-8-11-21(12-9-17)27(23,24)18-7-4-13-26-18/h1-7,13,17H,8-12,14-15H2,(H,20,22). The van der Waals surface area contributed by atoms with Crippen LogP contribution in [-0.4, -0.2) is 44.0 Å². The van der Waals surface area contributed by atoms with Crippen LogP contribution in [0.1, 0.15) is 18.4 Å². The van der Waals surface area contributed by atoms with Crippen LogP contribution < -0.4 is 5.32 Å². The third-order valence-corrected chi connectivity index (χ3v) is 8.87. The topological polar surface area (TPSA) is 66.5 Å². The quantitative estimate of drug-likeness (QED) is 0.661. The van der Waals surface area contributed by atoms with E-state index < -0.39 is 10.0 Å². The van der Waals surface area contributed by atoms with Crippen LogP contribution in [0.25, 0.3) is 0 Å². The summed E-state index contributed by atoms with van der Waals surface area (Å²) in [6.45, 7) is 1.45. The van der Waals surface area contributed by atoms with Crippen LogP contribution >= 0.6 is 23.1 Å². The molecule has 5 nitrogen and oxygen atoms in total. The van der Waals surface area contributed by atoms with Gasteiger partial charge >= 0.3 is 0 Å². The number of benzene rings is 1. The van der Waals surface area contributed by atoms with Crippen LogP contribution in [0.3, 0.4) is 0 Å². The van der Waals surface area contributed by atoms with Gasteiger partial charge in [0.15, 0.2) is 0 Å². The summed E-state index contributed by atoms with van der Waals surface area (Å²) in [5.74, 6) is 1.75. The molecule has 0 saturated carbocycles. The number of nitrogens with one attached hydrogen (secondary N) is 1. The number of piperidine rings is 1. The maximum Gasteiger partial charge on any atom is 0.252 e. The molecular formula is C19H24N2O3S3. The SMILES string of the molecule is O=C(NCCSCc1ccccc1)C1CCN(S(=O)(=O)c2cccs2)CC1. The highest BCUT2D eigenvalue weighted by molar-refractivity contribution is 7.98. The van der Waals surface area contributed by atoms with Crippen molar-refractivity contribution in [2.45, 2.75) is 22.8 Å². The Hall–Kier alpha value is -1.35. The summed E-state index contributed by atoms with van der Waals surface area (Å²) < 4.78 is 26.9. The van der Waals surface area contributed by atoms with Gasteiger partial charge in [0.05, 0.1) is 0 Å². The van der Waals surface area contributed by atoms with Crippen molar-refractivity contribution in [2.24, 2.45) is 5.92 Å². The molecule has 1 aromatic carbocycles. The molecule has 0 spiro atoms. The lowest BCUT2D eigenvalue weighted by Gasteiger charge is -2.30. The van der Waals surface area contributed by atoms with Gasteiger partial charge in [0, 0.05) is 37.1 Å². The van der Waals surface area contributed by atoms with E-state index in [1.807, 2.05) is 18.2 Å². The van der Waals surface area contributed by atoms with E-state index in [4.69, 9.17) is 0 Å². The third-order valence-electron chi connectivity index (χ3n) is 4.57. The molecule has 1 N–H and O–H groups in total. The van der Waals surface area contributed by atoms with Gasteiger partial charge in [-0.15, -0.1) is 11.3 Å². The Labute approximate surface area is 169 Å². The summed E-state index contributed by atoms with van der Waals surface area (Å²) in [4.78, 5) is 12.3. The van der Waals surface area contributed by atoms with E-state index in [1.54, 1.807) is 29.3 Å². The molecule has 0 bridgehead atoms. The summed E-state index contributed by atoms with van der Waals surface area (Å²) in [6.07, 6.45) is 1.15. The average Bonchev–Trinajstić information content (AvgIpc) is 3.24. The van der Waals surface area contributed by atoms with Gasteiger partial charge in [-0.05, 0) is 29.9 Å². The number of carbonyl (C=O) groups is 1. The number of thiophene rings is 1. The van der Waals surface area contributed by atoms with Gasteiger partial charge in [-0.25, -0.2) is 8.42 Å². The predicted octanol–water partition coefficient (Wildman–Crippen LogP) is 3.20. The van der Waals surface area contributed by atoms with E-state index in [9.17, 15) is 13.2 Å². The Kier molecular flexibility index (Phi) is 7.34. The van der Waals surface area contributed by atoms with Crippen molar-refractivity contribution in [3.8, 4) is 0 Å². The minimum absolute atomic E-state index is 0.0449. The van der Waals surface area contributed by atoms with Gasteiger partial charge < -0.3 is 5.32 Å². The van der Waals surface area contributed by atoms with Gasteiger partial charge in [0.25, 0.3) is 10.0 Å². The first-order chi connectivity index (χ1) is 13.1. The van der Waals surface area contributed by atoms with Crippen LogP contribution in [0, 0.1) is 5.92 Å². The zero-order valence-corrected chi connectivity index (χ0v) is 17.5. The Balaban J connectivity index is 1.36. The molecule has 2 aromatic rings. The highest BCUT2D eigenvalue weighted by atomic mass is 32.2. The Morgan fingerprint density at radius 1 is 1.15 bits per heavy atom. The molecule has 27 heavy (non-hydrogen) atoms. The van der Waals surface area contributed by atoms with Crippen molar-refractivity contribution in [1.82, 2.24) is 9.62 Å². The molecular weight excluding hydrogens is 400 g/mol. The summed E-state index contributed by atoms with van der Waals surface area (Å²) in [7, 11) is -3.40. The minimum Gasteiger partial charge on any atom is -0.355 e. The molecule has 1 saturated heterocycles. The fourth-order valence-electron chi connectivity index (χ4n) is 3.05. The smallest absolute Gasteiger partial charge is 0.252 e. The van der Waals surface area contributed by atoms with Crippen LogP contribution in [0.2, 0.25) is 0 Å². The molecule has 1 amide bonds. The molecule has 0 unspecified atom stereocenters. The van der Waals surface area contributed by atoms with Crippen LogP contribution in [0.15, 0.2) is 52.1 Å². The maximum atomic E-state index is 12.5. The van der Waals surface area contributed by atoms with Gasteiger partial charge in [0.2, 0.25) is 5.91 Å². The number of hydrogen-bond acceptors (Lipinski definition) is 5. The highest BCUT2D eigenvalue weighted by Gasteiger charge is 2.32. The first-order valence-corrected chi connectivity index (χ1v) is 12.5. The Morgan fingerprint density at radius 3 is 2.56 bits per heavy atom. The zero-order chi connectivity index (χ0) is 19.1. The molecule has 146 valence electrons. The number of carbonyl (C=O) groups excluding carboxylic acids is 1. The molecule has 0 aliphatic carbocycles. The van der Waals surface area contributed by atoms with E-state index in [2.05, 4.69) is 17.4 Å². The fourth-order valence-corrected chi connectivity index (χ4v) is 6.48. The van der Waals surface area contributed by atoms with Gasteiger partial charge in [-0.2, -0.15) is 16.1 Å². The molecule has 0 atom stereocenters. The summed E-state index contributed by atoms with van der Waals surface area (Å²) in [6, 6.07) is 13.6. The molecule has 1 aliphatic heterocycles. The molecule has 1 aliphatic rings. The minimum atomic E-state index is -3.40. The molecule has 0 radical (unpaired) electrons.